The maximum Gasteiger partial charge on any atom is 0.278 e. The summed E-state index contributed by atoms with van der Waals surface area (Å²) in [5.41, 5.74) is 3.57. The molecule has 7 nitrogen and oxygen atoms in total. The Balaban J connectivity index is 1.38. The molecule has 8 heteroatoms. The average Bonchev–Trinajstić information content (AvgIpc) is 3.41. The molecule has 0 N–H and O–H groups in total. The van der Waals surface area contributed by atoms with Crippen molar-refractivity contribution >= 4 is 15.9 Å². The second-order valence-corrected chi connectivity index (χ2v) is 7.61. The van der Waals surface area contributed by atoms with Gasteiger partial charge in [-0.2, -0.15) is 4.98 Å². The maximum atomic E-state index is 6.09. The molecule has 1 atom stereocenters. The van der Waals surface area contributed by atoms with Gasteiger partial charge in [-0.15, -0.1) is 0 Å². The molecular weight excluding hydrogens is 436 g/mol. The van der Waals surface area contributed by atoms with E-state index in [0.717, 1.165) is 27.0 Å². The number of hydrogen-bond donors (Lipinski definition) is 0. The van der Waals surface area contributed by atoms with Crippen LogP contribution in [0.2, 0.25) is 0 Å². The molecule has 5 rings (SSSR count). The molecule has 0 saturated heterocycles. The van der Waals surface area contributed by atoms with Gasteiger partial charge < -0.3 is 18.6 Å². The number of benzene rings is 2. The SMILES string of the molecule is COc1ccc(C2Cn3cnc(-c4nc(-c5ccc(Br)cc5)no4)c3CO2)cc1. The average molecular weight is 453 g/mol. The van der Waals surface area contributed by atoms with Crippen molar-refractivity contribution in [2.24, 2.45) is 0 Å². The van der Waals surface area contributed by atoms with Crippen LogP contribution in [0.4, 0.5) is 0 Å². The third-order valence-corrected chi connectivity index (χ3v) is 5.48. The highest BCUT2D eigenvalue weighted by molar-refractivity contribution is 9.10. The molecule has 0 amide bonds. The Kier molecular flexibility index (Phi) is 4.65. The summed E-state index contributed by atoms with van der Waals surface area (Å²) in [6.45, 7) is 1.09. The maximum absolute atomic E-state index is 6.09. The second-order valence-electron chi connectivity index (χ2n) is 6.70. The number of rotatable bonds is 4. The summed E-state index contributed by atoms with van der Waals surface area (Å²) in [5, 5.41) is 4.10. The summed E-state index contributed by atoms with van der Waals surface area (Å²) in [4.78, 5) is 9.02. The van der Waals surface area contributed by atoms with Gasteiger partial charge in [-0.3, -0.25) is 0 Å². The van der Waals surface area contributed by atoms with Gasteiger partial charge in [-0.05, 0) is 42.0 Å². The van der Waals surface area contributed by atoms with Crippen LogP contribution in [0.15, 0.2) is 63.9 Å². The van der Waals surface area contributed by atoms with Crippen molar-refractivity contribution in [3.63, 3.8) is 0 Å². The fourth-order valence-electron chi connectivity index (χ4n) is 3.36. The molecular formula is C21H17BrN4O3. The van der Waals surface area contributed by atoms with Gasteiger partial charge >= 0.3 is 0 Å². The van der Waals surface area contributed by atoms with Gasteiger partial charge in [0.15, 0.2) is 5.69 Å². The van der Waals surface area contributed by atoms with Crippen LogP contribution >= 0.6 is 15.9 Å². The van der Waals surface area contributed by atoms with E-state index in [9.17, 15) is 0 Å². The number of methoxy groups -OCH3 is 1. The number of halogens is 1. The Hall–Kier alpha value is -2.97. The van der Waals surface area contributed by atoms with Crippen LogP contribution in [-0.4, -0.2) is 26.8 Å². The van der Waals surface area contributed by atoms with Gasteiger partial charge in [0.05, 0.1) is 32.3 Å². The van der Waals surface area contributed by atoms with Crippen LogP contribution in [0.3, 0.4) is 0 Å². The smallest absolute Gasteiger partial charge is 0.278 e. The van der Waals surface area contributed by atoms with E-state index in [1.165, 1.54) is 0 Å². The number of fused-ring (bicyclic) bond motifs is 1. The van der Waals surface area contributed by atoms with Crippen LogP contribution in [0.1, 0.15) is 17.4 Å². The first-order valence-corrected chi connectivity index (χ1v) is 9.90. The summed E-state index contributed by atoms with van der Waals surface area (Å²) in [6.07, 6.45) is 1.75. The minimum Gasteiger partial charge on any atom is -0.497 e. The number of nitrogens with zero attached hydrogens (tertiary/aromatic N) is 4. The first-order valence-electron chi connectivity index (χ1n) is 9.11. The standard InChI is InChI=1S/C21H17BrN4O3/c1-27-16-8-4-13(5-9-16)18-10-26-12-23-19(17(26)11-28-18)21-24-20(25-29-21)14-2-6-15(22)7-3-14/h2-9,12,18H,10-11H2,1H3. The minimum atomic E-state index is -0.0449. The van der Waals surface area contributed by atoms with Crippen molar-refractivity contribution in [2.75, 3.05) is 7.11 Å². The van der Waals surface area contributed by atoms with E-state index in [1.54, 1.807) is 13.4 Å². The molecule has 0 spiro atoms. The molecule has 0 saturated carbocycles. The zero-order chi connectivity index (χ0) is 19.8. The highest BCUT2D eigenvalue weighted by Crippen LogP contribution is 2.32. The predicted molar refractivity (Wildman–Crippen MR) is 109 cm³/mol. The summed E-state index contributed by atoms with van der Waals surface area (Å²) in [7, 11) is 1.66. The normalized spacial score (nSPS) is 15.9. The van der Waals surface area contributed by atoms with E-state index in [2.05, 4.69) is 35.6 Å². The molecule has 2 aromatic carbocycles. The van der Waals surface area contributed by atoms with E-state index < -0.39 is 0 Å². The van der Waals surface area contributed by atoms with Gasteiger partial charge in [0.25, 0.3) is 5.89 Å². The Morgan fingerprint density at radius 1 is 1.10 bits per heavy atom. The first kappa shape index (κ1) is 18.1. The topological polar surface area (TPSA) is 75.2 Å². The monoisotopic (exact) mass is 452 g/mol. The van der Waals surface area contributed by atoms with Crippen LogP contribution in [-0.2, 0) is 17.9 Å². The highest BCUT2D eigenvalue weighted by Gasteiger charge is 2.26. The lowest BCUT2D eigenvalue weighted by atomic mass is 10.1. The van der Waals surface area contributed by atoms with Crippen molar-refractivity contribution in [2.45, 2.75) is 19.3 Å². The van der Waals surface area contributed by atoms with Crippen molar-refractivity contribution in [1.82, 2.24) is 19.7 Å². The molecule has 0 aliphatic carbocycles. The lowest BCUT2D eigenvalue weighted by molar-refractivity contribution is 0.00328. The van der Waals surface area contributed by atoms with Crippen LogP contribution in [0.25, 0.3) is 23.0 Å². The molecule has 3 heterocycles. The molecule has 1 aliphatic rings. The number of hydrogen-bond acceptors (Lipinski definition) is 6. The third-order valence-electron chi connectivity index (χ3n) is 4.95. The summed E-state index contributed by atoms with van der Waals surface area (Å²) in [5.74, 6) is 1.75. The van der Waals surface area contributed by atoms with Crippen LogP contribution < -0.4 is 4.74 Å². The second kappa shape index (κ2) is 7.46. The lowest BCUT2D eigenvalue weighted by Gasteiger charge is -2.25. The van der Waals surface area contributed by atoms with Gasteiger partial charge in [0.1, 0.15) is 11.9 Å². The van der Waals surface area contributed by atoms with Crippen LogP contribution in [0, 0.1) is 0 Å². The fraction of sp³-hybridized carbons (Fsp3) is 0.190. The van der Waals surface area contributed by atoms with Crippen molar-refractivity contribution in [1.29, 1.82) is 0 Å². The Bertz CT molecular complexity index is 1140. The van der Waals surface area contributed by atoms with Crippen molar-refractivity contribution in [3.8, 4) is 28.7 Å². The zero-order valence-electron chi connectivity index (χ0n) is 15.6. The molecule has 4 aromatic rings. The number of aromatic nitrogens is 4. The summed E-state index contributed by atoms with van der Waals surface area (Å²) in [6, 6.07) is 15.7. The van der Waals surface area contributed by atoms with Gasteiger partial charge in [0, 0.05) is 10.0 Å². The van der Waals surface area contributed by atoms with Crippen LogP contribution in [0.5, 0.6) is 5.75 Å². The number of ether oxygens (including phenoxy) is 2. The summed E-state index contributed by atoms with van der Waals surface area (Å²) < 4.78 is 19.9. The highest BCUT2D eigenvalue weighted by atomic mass is 79.9. The van der Waals surface area contributed by atoms with Crippen molar-refractivity contribution < 1.29 is 14.0 Å². The van der Waals surface area contributed by atoms with E-state index in [0.29, 0.717) is 30.6 Å². The molecule has 29 heavy (non-hydrogen) atoms. The first-order chi connectivity index (χ1) is 14.2. The molecule has 0 radical (unpaired) electrons. The Labute approximate surface area is 175 Å². The van der Waals surface area contributed by atoms with E-state index in [4.69, 9.17) is 14.0 Å². The Morgan fingerprint density at radius 2 is 1.90 bits per heavy atom. The molecule has 0 fully saturated rings. The molecule has 1 aliphatic heterocycles. The summed E-state index contributed by atoms with van der Waals surface area (Å²) >= 11 is 3.43. The van der Waals surface area contributed by atoms with E-state index in [1.807, 2.05) is 48.5 Å². The van der Waals surface area contributed by atoms with Gasteiger partial charge in [0.2, 0.25) is 5.82 Å². The molecule has 0 bridgehead atoms. The lowest BCUT2D eigenvalue weighted by Crippen LogP contribution is -2.20. The van der Waals surface area contributed by atoms with Crippen molar-refractivity contribution in [3.05, 3.63) is 70.6 Å². The Morgan fingerprint density at radius 3 is 2.66 bits per heavy atom. The molecule has 2 aromatic heterocycles. The largest absolute Gasteiger partial charge is 0.497 e. The predicted octanol–water partition coefficient (Wildman–Crippen LogP) is 4.64. The fourth-order valence-corrected chi connectivity index (χ4v) is 3.63. The quantitative estimate of drug-likeness (QED) is 0.448. The third kappa shape index (κ3) is 3.45. The zero-order valence-corrected chi connectivity index (χ0v) is 17.2. The molecule has 1 unspecified atom stereocenters. The minimum absolute atomic E-state index is 0.0449. The molecule has 146 valence electrons. The number of imidazole rings is 1. The van der Waals surface area contributed by atoms with Gasteiger partial charge in [-0.25, -0.2) is 4.98 Å². The van der Waals surface area contributed by atoms with E-state index in [-0.39, 0.29) is 6.10 Å². The van der Waals surface area contributed by atoms with Gasteiger partial charge in [-0.1, -0.05) is 33.2 Å². The van der Waals surface area contributed by atoms with E-state index >= 15 is 0 Å².